The number of hydrogen-bond acceptors (Lipinski definition) is 2. The van der Waals surface area contributed by atoms with E-state index in [0.29, 0.717) is 6.04 Å². The molecule has 0 spiro atoms. The Morgan fingerprint density at radius 2 is 2.17 bits per heavy atom. The summed E-state index contributed by atoms with van der Waals surface area (Å²) in [5.41, 5.74) is 2.65. The lowest BCUT2D eigenvalue weighted by molar-refractivity contribution is 0.556. The van der Waals surface area contributed by atoms with Gasteiger partial charge in [-0.15, -0.1) is 11.3 Å². The molecule has 2 rings (SSSR count). The smallest absolute Gasteiger partial charge is 0.0458 e. The first-order valence-corrected chi connectivity index (χ1v) is 7.48. The molecule has 18 heavy (non-hydrogen) atoms. The molecule has 1 heterocycles. The van der Waals surface area contributed by atoms with Crippen LogP contribution in [-0.4, -0.2) is 6.54 Å². The maximum Gasteiger partial charge on any atom is 0.0458 e. The van der Waals surface area contributed by atoms with E-state index in [4.69, 9.17) is 11.6 Å². The van der Waals surface area contributed by atoms with Crippen molar-refractivity contribution in [2.24, 2.45) is 0 Å². The van der Waals surface area contributed by atoms with E-state index in [1.54, 1.807) is 0 Å². The van der Waals surface area contributed by atoms with Gasteiger partial charge in [0.1, 0.15) is 0 Å². The Hall–Kier alpha value is -0.830. The molecule has 1 N–H and O–H groups in total. The third kappa shape index (κ3) is 3.35. The number of benzene rings is 1. The minimum absolute atomic E-state index is 0.383. The van der Waals surface area contributed by atoms with Gasteiger partial charge in [-0.25, -0.2) is 0 Å². The van der Waals surface area contributed by atoms with E-state index in [1.165, 1.54) is 16.0 Å². The summed E-state index contributed by atoms with van der Waals surface area (Å²) in [6.07, 6.45) is 0.982. The molecule has 0 fully saturated rings. The Bertz CT molecular complexity index is 507. The predicted octanol–water partition coefficient (Wildman–Crippen LogP) is 4.60. The number of nitrogens with one attached hydrogen (secondary N) is 1. The van der Waals surface area contributed by atoms with E-state index in [0.717, 1.165) is 18.0 Å². The van der Waals surface area contributed by atoms with Crippen LogP contribution in [0.25, 0.3) is 0 Å². The monoisotopic (exact) mass is 279 g/mol. The molecule has 0 aliphatic rings. The van der Waals surface area contributed by atoms with Crippen LogP contribution in [0.2, 0.25) is 5.02 Å². The largest absolute Gasteiger partial charge is 0.309 e. The number of aryl methyl sites for hydroxylation is 1. The third-order valence-electron chi connectivity index (χ3n) is 3.00. The first-order chi connectivity index (χ1) is 8.70. The van der Waals surface area contributed by atoms with Gasteiger partial charge in [0.25, 0.3) is 0 Å². The van der Waals surface area contributed by atoms with Crippen molar-refractivity contribution in [2.45, 2.75) is 26.3 Å². The second kappa shape index (κ2) is 6.37. The van der Waals surface area contributed by atoms with Gasteiger partial charge >= 0.3 is 0 Å². The van der Waals surface area contributed by atoms with E-state index >= 15 is 0 Å². The first-order valence-electron chi connectivity index (χ1n) is 6.22. The second-order valence-corrected chi connectivity index (χ2v) is 5.80. The van der Waals surface area contributed by atoms with Crippen LogP contribution in [0.15, 0.2) is 35.7 Å². The summed E-state index contributed by atoms with van der Waals surface area (Å²) >= 11 is 7.87. The van der Waals surface area contributed by atoms with Crippen molar-refractivity contribution in [3.05, 3.63) is 56.7 Å². The predicted molar refractivity (Wildman–Crippen MR) is 80.6 cm³/mol. The summed E-state index contributed by atoms with van der Waals surface area (Å²) in [6.45, 7) is 5.30. The van der Waals surface area contributed by atoms with Crippen LogP contribution in [0, 0.1) is 6.92 Å². The average molecular weight is 280 g/mol. The molecular formula is C15H18ClNS. The maximum absolute atomic E-state index is 6.04. The lowest BCUT2D eigenvalue weighted by atomic mass is 10.0. The number of hydrogen-bond donors (Lipinski definition) is 1. The average Bonchev–Trinajstić information content (AvgIpc) is 2.75. The molecular weight excluding hydrogens is 262 g/mol. The highest BCUT2D eigenvalue weighted by molar-refractivity contribution is 7.10. The van der Waals surface area contributed by atoms with Gasteiger partial charge in [-0.2, -0.15) is 0 Å². The zero-order chi connectivity index (χ0) is 13.0. The molecule has 0 radical (unpaired) electrons. The second-order valence-electron chi connectivity index (χ2n) is 4.41. The van der Waals surface area contributed by atoms with Gasteiger partial charge in [0, 0.05) is 15.9 Å². The number of rotatable bonds is 5. The van der Waals surface area contributed by atoms with Gasteiger partial charge in [-0.05, 0) is 54.6 Å². The molecule has 0 aliphatic carbocycles. The highest BCUT2D eigenvalue weighted by Gasteiger charge is 2.14. The zero-order valence-electron chi connectivity index (χ0n) is 10.7. The van der Waals surface area contributed by atoms with E-state index < -0.39 is 0 Å². The van der Waals surface area contributed by atoms with Gasteiger partial charge < -0.3 is 5.32 Å². The molecule has 96 valence electrons. The van der Waals surface area contributed by atoms with Gasteiger partial charge in [0.05, 0.1) is 0 Å². The van der Waals surface area contributed by atoms with Crippen molar-refractivity contribution in [1.82, 2.24) is 5.32 Å². The van der Waals surface area contributed by atoms with Crippen molar-refractivity contribution in [1.29, 1.82) is 0 Å². The molecule has 0 amide bonds. The highest BCUT2D eigenvalue weighted by atomic mass is 35.5. The Balaban J connectivity index is 2.19. The Kier molecular flexibility index (Phi) is 4.81. The molecule has 1 atom stereocenters. The van der Waals surface area contributed by atoms with Gasteiger partial charge in [0.2, 0.25) is 0 Å². The SMILES string of the molecule is CCNC(Cc1cccc(Cl)c1)c1sccc1C. The quantitative estimate of drug-likeness (QED) is 0.843. The fourth-order valence-electron chi connectivity index (χ4n) is 2.15. The molecule has 3 heteroatoms. The minimum Gasteiger partial charge on any atom is -0.309 e. The van der Waals surface area contributed by atoms with E-state index in [9.17, 15) is 0 Å². The summed E-state index contributed by atoms with van der Waals surface area (Å²) in [5, 5.41) is 6.53. The van der Waals surface area contributed by atoms with Gasteiger partial charge in [-0.3, -0.25) is 0 Å². The lowest BCUT2D eigenvalue weighted by Crippen LogP contribution is -2.22. The molecule has 1 unspecified atom stereocenters. The fraction of sp³-hybridized carbons (Fsp3) is 0.333. The lowest BCUT2D eigenvalue weighted by Gasteiger charge is -2.18. The van der Waals surface area contributed by atoms with Gasteiger partial charge in [-0.1, -0.05) is 30.7 Å². The van der Waals surface area contributed by atoms with Crippen LogP contribution in [-0.2, 0) is 6.42 Å². The van der Waals surface area contributed by atoms with E-state index in [1.807, 2.05) is 23.5 Å². The molecule has 1 aromatic heterocycles. The normalized spacial score (nSPS) is 12.6. The summed E-state index contributed by atoms with van der Waals surface area (Å²) in [6, 6.07) is 10.7. The van der Waals surface area contributed by atoms with Crippen molar-refractivity contribution >= 4 is 22.9 Å². The minimum atomic E-state index is 0.383. The molecule has 0 saturated carbocycles. The highest BCUT2D eigenvalue weighted by Crippen LogP contribution is 2.27. The van der Waals surface area contributed by atoms with E-state index in [2.05, 4.69) is 42.7 Å². The molecule has 0 bridgehead atoms. The first kappa shape index (κ1) is 13.6. The van der Waals surface area contributed by atoms with Crippen molar-refractivity contribution in [3.8, 4) is 0 Å². The molecule has 1 nitrogen and oxygen atoms in total. The number of thiophene rings is 1. The fourth-order valence-corrected chi connectivity index (χ4v) is 3.36. The number of likely N-dealkylation sites (N-methyl/N-ethyl adjacent to an activating group) is 1. The van der Waals surface area contributed by atoms with Crippen LogP contribution in [0.5, 0.6) is 0 Å². The standard InChI is InChI=1S/C15H18ClNS/c1-3-17-14(15-11(2)7-8-18-15)10-12-5-4-6-13(16)9-12/h4-9,14,17H,3,10H2,1-2H3. The topological polar surface area (TPSA) is 12.0 Å². The number of halogens is 1. The van der Waals surface area contributed by atoms with Gasteiger partial charge in [0.15, 0.2) is 0 Å². The molecule has 2 aromatic rings. The molecule has 0 aliphatic heterocycles. The Labute approximate surface area is 118 Å². The summed E-state index contributed by atoms with van der Waals surface area (Å²) < 4.78 is 0. The van der Waals surface area contributed by atoms with Crippen molar-refractivity contribution in [2.75, 3.05) is 6.54 Å². The van der Waals surface area contributed by atoms with Crippen molar-refractivity contribution in [3.63, 3.8) is 0 Å². The molecule has 1 aromatic carbocycles. The zero-order valence-corrected chi connectivity index (χ0v) is 12.3. The van der Waals surface area contributed by atoms with Crippen molar-refractivity contribution < 1.29 is 0 Å². The summed E-state index contributed by atoms with van der Waals surface area (Å²) in [5.74, 6) is 0. The van der Waals surface area contributed by atoms with E-state index in [-0.39, 0.29) is 0 Å². The van der Waals surface area contributed by atoms with Crippen LogP contribution in [0.1, 0.15) is 29.0 Å². The summed E-state index contributed by atoms with van der Waals surface area (Å²) in [4.78, 5) is 1.43. The molecule has 0 saturated heterocycles. The Morgan fingerprint density at radius 1 is 1.33 bits per heavy atom. The van der Waals surface area contributed by atoms with Crippen LogP contribution in [0.4, 0.5) is 0 Å². The Morgan fingerprint density at radius 3 is 2.78 bits per heavy atom. The third-order valence-corrected chi connectivity index (χ3v) is 4.37. The van der Waals surface area contributed by atoms with Crippen LogP contribution in [0.3, 0.4) is 0 Å². The maximum atomic E-state index is 6.04. The van der Waals surface area contributed by atoms with Crippen LogP contribution >= 0.6 is 22.9 Å². The van der Waals surface area contributed by atoms with Crippen LogP contribution < -0.4 is 5.32 Å². The summed E-state index contributed by atoms with van der Waals surface area (Å²) in [7, 11) is 0.